The van der Waals surface area contributed by atoms with Crippen molar-refractivity contribution in [1.82, 2.24) is 14.9 Å². The molecule has 2 aromatic heterocycles. The molecule has 150 valence electrons. The average molecular weight is 409 g/mol. The molecule has 7 heteroatoms. The van der Waals surface area contributed by atoms with E-state index in [0.29, 0.717) is 22.1 Å². The molecule has 0 radical (unpaired) electrons. The predicted molar refractivity (Wildman–Crippen MR) is 116 cm³/mol. The zero-order valence-electron chi connectivity index (χ0n) is 16.8. The van der Waals surface area contributed by atoms with Crippen LogP contribution in [0.3, 0.4) is 0 Å². The number of thiazole rings is 1. The minimum atomic E-state index is -0.215. The van der Waals surface area contributed by atoms with Gasteiger partial charge in [0, 0.05) is 18.4 Å². The number of benzene rings is 1. The van der Waals surface area contributed by atoms with Crippen molar-refractivity contribution in [3.8, 4) is 10.7 Å². The summed E-state index contributed by atoms with van der Waals surface area (Å²) in [5.74, 6) is -0.391. The smallest absolute Gasteiger partial charge is 0.266 e. The van der Waals surface area contributed by atoms with Crippen LogP contribution in [0.25, 0.3) is 10.7 Å². The molecule has 0 spiro atoms. The Morgan fingerprint density at radius 1 is 1.10 bits per heavy atom. The average Bonchev–Trinajstić information content (AvgIpc) is 3.11. The van der Waals surface area contributed by atoms with Crippen LogP contribution < -0.4 is 5.32 Å². The number of aromatic nitrogens is 2. The number of hydrogen-bond donors (Lipinski definition) is 1. The van der Waals surface area contributed by atoms with Gasteiger partial charge in [0.15, 0.2) is 0 Å². The van der Waals surface area contributed by atoms with Gasteiger partial charge in [-0.15, -0.1) is 11.3 Å². The molecule has 0 aliphatic carbocycles. The van der Waals surface area contributed by atoms with Crippen molar-refractivity contribution < 1.29 is 9.59 Å². The van der Waals surface area contributed by atoms with E-state index in [2.05, 4.69) is 15.3 Å². The first-order valence-electron chi connectivity index (χ1n) is 9.53. The van der Waals surface area contributed by atoms with Gasteiger partial charge in [0.1, 0.15) is 16.4 Å². The highest BCUT2D eigenvalue weighted by Crippen LogP contribution is 2.27. The molecule has 1 aromatic carbocycles. The topological polar surface area (TPSA) is 75.2 Å². The number of nitrogens with zero attached hydrogens (tertiary/aromatic N) is 3. The van der Waals surface area contributed by atoms with Crippen LogP contribution in [0.1, 0.15) is 34.3 Å². The molecule has 2 heterocycles. The van der Waals surface area contributed by atoms with Crippen molar-refractivity contribution in [1.29, 1.82) is 0 Å². The Morgan fingerprint density at radius 2 is 1.86 bits per heavy atom. The van der Waals surface area contributed by atoms with Gasteiger partial charge in [-0.25, -0.2) is 4.98 Å². The van der Waals surface area contributed by atoms with Gasteiger partial charge in [-0.3, -0.25) is 14.6 Å². The molecule has 1 N–H and O–H groups in total. The SMILES string of the molecule is CCCN(CC(=O)Nc1ccccc1C)C(=O)c1sc(-c2ccccn2)nc1C. The molecule has 0 fully saturated rings. The fourth-order valence-corrected chi connectivity index (χ4v) is 3.95. The van der Waals surface area contributed by atoms with Crippen LogP contribution >= 0.6 is 11.3 Å². The maximum absolute atomic E-state index is 13.2. The highest BCUT2D eigenvalue weighted by atomic mass is 32.1. The summed E-state index contributed by atoms with van der Waals surface area (Å²) in [6.07, 6.45) is 2.46. The molecule has 3 aromatic rings. The molecule has 0 saturated carbocycles. The molecule has 3 rings (SSSR count). The van der Waals surface area contributed by atoms with E-state index in [-0.39, 0.29) is 18.4 Å². The zero-order valence-corrected chi connectivity index (χ0v) is 17.6. The van der Waals surface area contributed by atoms with Crippen LogP contribution in [-0.4, -0.2) is 39.8 Å². The second kappa shape index (κ2) is 9.43. The number of carbonyl (C=O) groups excluding carboxylic acids is 2. The highest BCUT2D eigenvalue weighted by molar-refractivity contribution is 7.17. The van der Waals surface area contributed by atoms with Crippen molar-refractivity contribution in [2.75, 3.05) is 18.4 Å². The molecule has 0 bridgehead atoms. The summed E-state index contributed by atoms with van der Waals surface area (Å²) in [7, 11) is 0. The van der Waals surface area contributed by atoms with E-state index in [0.717, 1.165) is 23.4 Å². The number of hydrogen-bond acceptors (Lipinski definition) is 5. The summed E-state index contributed by atoms with van der Waals surface area (Å²) < 4.78 is 0. The third kappa shape index (κ3) is 5.06. The van der Waals surface area contributed by atoms with Crippen LogP contribution in [0.4, 0.5) is 5.69 Å². The Hall–Kier alpha value is -3.06. The Balaban J connectivity index is 1.77. The minimum Gasteiger partial charge on any atom is -0.329 e. The van der Waals surface area contributed by atoms with Crippen molar-refractivity contribution >= 4 is 28.8 Å². The number of rotatable bonds is 7. The van der Waals surface area contributed by atoms with E-state index in [1.165, 1.54) is 11.3 Å². The zero-order chi connectivity index (χ0) is 20.8. The monoisotopic (exact) mass is 408 g/mol. The van der Waals surface area contributed by atoms with E-state index in [9.17, 15) is 9.59 Å². The molecule has 0 atom stereocenters. The summed E-state index contributed by atoms with van der Waals surface area (Å²) >= 11 is 1.31. The summed E-state index contributed by atoms with van der Waals surface area (Å²) in [5, 5.41) is 3.60. The summed E-state index contributed by atoms with van der Waals surface area (Å²) in [5.41, 5.74) is 3.13. The van der Waals surface area contributed by atoms with Crippen molar-refractivity contribution in [3.63, 3.8) is 0 Å². The quantitative estimate of drug-likeness (QED) is 0.632. The normalized spacial score (nSPS) is 10.6. The number of pyridine rings is 1. The first-order valence-corrected chi connectivity index (χ1v) is 10.3. The predicted octanol–water partition coefficient (Wildman–Crippen LogP) is 4.31. The van der Waals surface area contributed by atoms with E-state index in [4.69, 9.17) is 0 Å². The van der Waals surface area contributed by atoms with Crippen molar-refractivity contribution in [2.45, 2.75) is 27.2 Å². The Morgan fingerprint density at radius 3 is 2.55 bits per heavy atom. The fourth-order valence-electron chi connectivity index (χ4n) is 2.94. The highest BCUT2D eigenvalue weighted by Gasteiger charge is 2.23. The summed E-state index contributed by atoms with van der Waals surface area (Å²) in [6, 6.07) is 13.2. The van der Waals surface area contributed by atoms with E-state index >= 15 is 0 Å². The largest absolute Gasteiger partial charge is 0.329 e. The second-order valence-corrected chi connectivity index (χ2v) is 7.74. The molecule has 0 aliphatic heterocycles. The molecule has 29 heavy (non-hydrogen) atoms. The lowest BCUT2D eigenvalue weighted by atomic mass is 10.2. The van der Waals surface area contributed by atoms with Crippen LogP contribution in [0.2, 0.25) is 0 Å². The van der Waals surface area contributed by atoms with Gasteiger partial charge < -0.3 is 10.2 Å². The van der Waals surface area contributed by atoms with Gasteiger partial charge in [-0.2, -0.15) is 0 Å². The minimum absolute atomic E-state index is 0.00271. The van der Waals surface area contributed by atoms with Crippen LogP contribution in [0.15, 0.2) is 48.7 Å². The van der Waals surface area contributed by atoms with Crippen molar-refractivity contribution in [2.24, 2.45) is 0 Å². The number of para-hydroxylation sites is 1. The van der Waals surface area contributed by atoms with E-state index in [1.54, 1.807) is 11.1 Å². The maximum Gasteiger partial charge on any atom is 0.266 e. The van der Waals surface area contributed by atoms with Crippen LogP contribution in [0, 0.1) is 13.8 Å². The standard InChI is InChI=1S/C22H24N4O2S/c1-4-13-26(14-19(27)25-17-10-6-5-9-15(17)2)22(28)20-16(3)24-21(29-20)18-11-7-8-12-23-18/h5-12H,4,13-14H2,1-3H3,(H,25,27). The number of nitrogens with one attached hydrogen (secondary N) is 1. The van der Waals surface area contributed by atoms with Gasteiger partial charge in [-0.1, -0.05) is 31.2 Å². The van der Waals surface area contributed by atoms with Gasteiger partial charge in [0.25, 0.3) is 5.91 Å². The van der Waals surface area contributed by atoms with Gasteiger partial charge in [0.05, 0.1) is 11.4 Å². The number of aryl methyl sites for hydroxylation is 2. The Kier molecular flexibility index (Phi) is 6.72. The first kappa shape index (κ1) is 20.7. The molecule has 0 saturated heterocycles. The van der Waals surface area contributed by atoms with Crippen LogP contribution in [-0.2, 0) is 4.79 Å². The summed E-state index contributed by atoms with van der Waals surface area (Å²) in [4.78, 5) is 36.7. The number of amides is 2. The Bertz CT molecular complexity index is 1000. The fraction of sp³-hybridized carbons (Fsp3) is 0.273. The maximum atomic E-state index is 13.2. The van der Waals surface area contributed by atoms with Gasteiger partial charge in [-0.05, 0) is 44.0 Å². The summed E-state index contributed by atoms with van der Waals surface area (Å²) in [6.45, 7) is 6.23. The van der Waals surface area contributed by atoms with Gasteiger partial charge in [0.2, 0.25) is 5.91 Å². The molecule has 0 aliphatic rings. The molecular formula is C22H24N4O2S. The second-order valence-electron chi connectivity index (χ2n) is 6.74. The van der Waals surface area contributed by atoms with Gasteiger partial charge >= 0.3 is 0 Å². The lowest BCUT2D eigenvalue weighted by Gasteiger charge is -2.21. The first-order chi connectivity index (χ1) is 14.0. The number of anilines is 1. The lowest BCUT2D eigenvalue weighted by Crippen LogP contribution is -2.38. The Labute approximate surface area is 174 Å². The molecular weight excluding hydrogens is 384 g/mol. The number of carbonyl (C=O) groups is 2. The van der Waals surface area contributed by atoms with Crippen LogP contribution in [0.5, 0.6) is 0 Å². The third-order valence-corrected chi connectivity index (χ3v) is 5.58. The van der Waals surface area contributed by atoms with E-state index in [1.807, 2.05) is 63.2 Å². The van der Waals surface area contributed by atoms with Crippen molar-refractivity contribution in [3.05, 3.63) is 64.8 Å². The molecule has 2 amide bonds. The third-order valence-electron chi connectivity index (χ3n) is 4.41. The van der Waals surface area contributed by atoms with E-state index < -0.39 is 0 Å². The molecule has 0 unspecified atom stereocenters. The molecule has 6 nitrogen and oxygen atoms in total. The lowest BCUT2D eigenvalue weighted by molar-refractivity contribution is -0.116.